The van der Waals surface area contributed by atoms with Gasteiger partial charge in [-0.3, -0.25) is 9.88 Å². The smallest absolute Gasteiger partial charge is 0.412 e. The monoisotopic (exact) mass is 475 g/mol. The van der Waals surface area contributed by atoms with Gasteiger partial charge in [0.1, 0.15) is 24.4 Å². The maximum Gasteiger partial charge on any atom is 0.412 e. The molecule has 0 aromatic carbocycles. The van der Waals surface area contributed by atoms with Gasteiger partial charge in [0.15, 0.2) is 24.2 Å². The first-order valence-electron chi connectivity index (χ1n) is 10.9. The number of ether oxygens (including phenoxy) is 4. The molecule has 2 aliphatic heterocycles. The lowest BCUT2D eigenvalue weighted by molar-refractivity contribution is -0.207. The molecule has 33 heavy (non-hydrogen) atoms. The van der Waals surface area contributed by atoms with Crippen molar-refractivity contribution in [3.63, 3.8) is 0 Å². The van der Waals surface area contributed by atoms with Crippen LogP contribution in [0.25, 0.3) is 0 Å². The van der Waals surface area contributed by atoms with E-state index >= 15 is 0 Å². The molecular formula is C20H30FN3O9. The summed E-state index contributed by atoms with van der Waals surface area (Å²) < 4.78 is 36.7. The van der Waals surface area contributed by atoms with Crippen molar-refractivity contribution in [1.82, 2.24) is 9.55 Å². The molecule has 8 unspecified atom stereocenters. The number of unbranched alkanes of at least 4 members (excludes halogenated alkanes) is 2. The summed E-state index contributed by atoms with van der Waals surface area (Å²) in [6, 6.07) is 0. The average molecular weight is 475 g/mol. The van der Waals surface area contributed by atoms with Crippen LogP contribution in [-0.4, -0.2) is 80.5 Å². The Morgan fingerprint density at radius 1 is 1.18 bits per heavy atom. The fourth-order valence-electron chi connectivity index (χ4n) is 3.68. The predicted molar refractivity (Wildman–Crippen MR) is 110 cm³/mol. The molecule has 4 N–H and O–H groups in total. The first-order chi connectivity index (χ1) is 15.6. The van der Waals surface area contributed by atoms with Gasteiger partial charge in [0.05, 0.1) is 25.0 Å². The lowest BCUT2D eigenvalue weighted by Gasteiger charge is -2.24. The summed E-state index contributed by atoms with van der Waals surface area (Å²) in [6.45, 7) is 5.24. The fraction of sp³-hybridized carbons (Fsp3) is 0.750. The fourth-order valence-corrected chi connectivity index (χ4v) is 3.68. The maximum atomic E-state index is 14.5. The number of amides is 1. The molecule has 0 radical (unpaired) electrons. The Morgan fingerprint density at radius 3 is 2.55 bits per heavy atom. The van der Waals surface area contributed by atoms with Gasteiger partial charge in [-0.2, -0.15) is 4.98 Å². The van der Waals surface area contributed by atoms with Crippen LogP contribution >= 0.6 is 0 Å². The van der Waals surface area contributed by atoms with E-state index in [4.69, 9.17) is 18.9 Å². The Bertz CT molecular complexity index is 885. The highest BCUT2D eigenvalue weighted by atomic mass is 19.1. The van der Waals surface area contributed by atoms with Gasteiger partial charge in [-0.05, 0) is 20.3 Å². The van der Waals surface area contributed by atoms with Gasteiger partial charge < -0.3 is 34.3 Å². The minimum Gasteiger partial charge on any atom is -0.449 e. The third-order valence-electron chi connectivity index (χ3n) is 5.58. The summed E-state index contributed by atoms with van der Waals surface area (Å²) in [6.07, 6.45) is -6.79. The number of aliphatic hydroxyl groups is 3. The molecular weight excluding hydrogens is 445 g/mol. The molecule has 0 bridgehead atoms. The largest absolute Gasteiger partial charge is 0.449 e. The highest BCUT2D eigenvalue weighted by Crippen LogP contribution is 2.33. The van der Waals surface area contributed by atoms with Gasteiger partial charge in [0.2, 0.25) is 0 Å². The van der Waals surface area contributed by atoms with Crippen LogP contribution in [-0.2, 0) is 18.9 Å². The summed E-state index contributed by atoms with van der Waals surface area (Å²) in [5.41, 5.74) is -0.990. The number of carbonyl (C=O) groups excluding carboxylic acids is 1. The third-order valence-corrected chi connectivity index (χ3v) is 5.58. The zero-order valence-corrected chi connectivity index (χ0v) is 18.6. The third kappa shape index (κ3) is 5.67. The zero-order valence-electron chi connectivity index (χ0n) is 18.6. The van der Waals surface area contributed by atoms with Crippen LogP contribution in [0.5, 0.6) is 0 Å². The molecule has 1 aromatic heterocycles. The zero-order chi connectivity index (χ0) is 24.3. The lowest BCUT2D eigenvalue weighted by Crippen LogP contribution is -2.42. The molecule has 0 aliphatic carbocycles. The van der Waals surface area contributed by atoms with E-state index in [1.54, 1.807) is 13.8 Å². The Morgan fingerprint density at radius 2 is 1.91 bits per heavy atom. The first-order valence-corrected chi connectivity index (χ1v) is 10.9. The molecule has 13 heteroatoms. The summed E-state index contributed by atoms with van der Waals surface area (Å²) >= 11 is 0. The van der Waals surface area contributed by atoms with Crippen molar-refractivity contribution in [2.24, 2.45) is 0 Å². The van der Waals surface area contributed by atoms with Crippen LogP contribution in [0.2, 0.25) is 0 Å². The molecule has 12 nitrogen and oxygen atoms in total. The summed E-state index contributed by atoms with van der Waals surface area (Å²) in [7, 11) is 0. The minimum absolute atomic E-state index is 0.148. The van der Waals surface area contributed by atoms with E-state index in [2.05, 4.69) is 10.3 Å². The van der Waals surface area contributed by atoms with Crippen LogP contribution < -0.4 is 11.0 Å². The van der Waals surface area contributed by atoms with E-state index in [1.165, 1.54) is 0 Å². The van der Waals surface area contributed by atoms with E-state index in [-0.39, 0.29) is 6.61 Å². The van der Waals surface area contributed by atoms with E-state index < -0.39 is 72.6 Å². The molecule has 0 saturated carbocycles. The Kier molecular flexibility index (Phi) is 8.37. The first kappa shape index (κ1) is 25.5. The van der Waals surface area contributed by atoms with E-state index in [1.807, 2.05) is 6.92 Å². The van der Waals surface area contributed by atoms with Crippen molar-refractivity contribution in [3.8, 4) is 0 Å². The van der Waals surface area contributed by atoms with E-state index in [0.717, 1.165) is 23.6 Å². The van der Waals surface area contributed by atoms with Crippen LogP contribution in [0.4, 0.5) is 15.0 Å². The van der Waals surface area contributed by atoms with Gasteiger partial charge in [-0.1, -0.05) is 19.8 Å². The highest BCUT2D eigenvalue weighted by molar-refractivity contribution is 5.83. The van der Waals surface area contributed by atoms with Crippen LogP contribution in [0.1, 0.15) is 46.3 Å². The summed E-state index contributed by atoms with van der Waals surface area (Å²) in [4.78, 5) is 27.8. The standard InChI is InChI=1S/C20H30FN3O9/c1-4-5-6-7-30-20(29)23-16-11(21)8-24(19(28)22-16)17-14(27)15(10(3)31-17)33-18-13(26)12(25)9(2)32-18/h8-10,12-15,17-18,25-27H,4-7H2,1-3H3,(H,22,23,28,29). The number of halogens is 1. The number of hydrogen-bond donors (Lipinski definition) is 4. The Balaban J connectivity index is 1.67. The van der Waals surface area contributed by atoms with Crippen LogP contribution in [0.15, 0.2) is 11.0 Å². The molecule has 8 atom stereocenters. The molecule has 0 spiro atoms. The van der Waals surface area contributed by atoms with Gasteiger partial charge in [0, 0.05) is 0 Å². The number of rotatable bonds is 8. The Labute approximate surface area is 189 Å². The van der Waals surface area contributed by atoms with E-state index in [0.29, 0.717) is 6.42 Å². The molecule has 2 saturated heterocycles. The predicted octanol–water partition coefficient (Wildman–Crippen LogP) is 0.251. The maximum absolute atomic E-state index is 14.5. The number of nitrogens with one attached hydrogen (secondary N) is 1. The molecule has 2 aliphatic rings. The molecule has 3 rings (SSSR count). The number of aliphatic hydroxyl groups excluding tert-OH is 3. The molecule has 2 fully saturated rings. The second-order valence-corrected chi connectivity index (χ2v) is 8.11. The normalized spacial score (nSPS) is 33.9. The minimum atomic E-state index is -1.45. The van der Waals surface area contributed by atoms with Crippen molar-refractivity contribution >= 4 is 11.9 Å². The second kappa shape index (κ2) is 10.8. The SMILES string of the molecule is CCCCCOC(=O)Nc1nc(=O)n(C2OC(C)C(OC3OC(C)C(O)C3O)C2O)cc1F. The topological polar surface area (TPSA) is 162 Å². The average Bonchev–Trinajstić information content (AvgIpc) is 3.18. The molecule has 1 amide bonds. The molecule has 186 valence electrons. The van der Waals surface area contributed by atoms with Gasteiger partial charge in [-0.25, -0.2) is 14.0 Å². The van der Waals surface area contributed by atoms with Crippen LogP contribution in [0, 0.1) is 5.82 Å². The lowest BCUT2D eigenvalue weighted by atomic mass is 10.1. The highest BCUT2D eigenvalue weighted by Gasteiger charge is 2.49. The number of hydrogen-bond acceptors (Lipinski definition) is 10. The number of aromatic nitrogens is 2. The van der Waals surface area contributed by atoms with Crippen molar-refractivity contribution in [2.75, 3.05) is 11.9 Å². The number of carbonyl (C=O) groups is 1. The van der Waals surface area contributed by atoms with Gasteiger partial charge in [0.25, 0.3) is 0 Å². The number of anilines is 1. The second-order valence-electron chi connectivity index (χ2n) is 8.11. The van der Waals surface area contributed by atoms with Crippen molar-refractivity contribution in [3.05, 3.63) is 22.5 Å². The quantitative estimate of drug-likeness (QED) is 0.384. The molecule has 3 heterocycles. The molecule has 1 aromatic rings. The Hall–Kier alpha value is -2.16. The summed E-state index contributed by atoms with van der Waals surface area (Å²) in [5.74, 6) is -1.66. The summed E-state index contributed by atoms with van der Waals surface area (Å²) in [5, 5.41) is 32.6. The van der Waals surface area contributed by atoms with Crippen molar-refractivity contribution in [2.45, 2.75) is 89.2 Å². The van der Waals surface area contributed by atoms with Crippen LogP contribution in [0.3, 0.4) is 0 Å². The van der Waals surface area contributed by atoms with E-state index in [9.17, 15) is 29.3 Å². The number of nitrogens with zero attached hydrogens (tertiary/aromatic N) is 2. The van der Waals surface area contributed by atoms with Gasteiger partial charge >= 0.3 is 11.8 Å². The van der Waals surface area contributed by atoms with Crippen molar-refractivity contribution in [1.29, 1.82) is 0 Å². The van der Waals surface area contributed by atoms with Gasteiger partial charge in [-0.15, -0.1) is 0 Å². The van der Waals surface area contributed by atoms with Crippen molar-refractivity contribution < 1.29 is 43.5 Å².